The minimum Gasteiger partial charge on any atom is -0.497 e. The second kappa shape index (κ2) is 7.07. The number of ether oxygens (including phenoxy) is 1. The fraction of sp³-hybridized carbons (Fsp3) is 0.150. The van der Waals surface area contributed by atoms with Crippen molar-refractivity contribution in [3.05, 3.63) is 70.8 Å². The van der Waals surface area contributed by atoms with Crippen LogP contribution in [0.25, 0.3) is 21.8 Å². The van der Waals surface area contributed by atoms with E-state index in [1.807, 2.05) is 67.6 Å². The third-order valence-electron chi connectivity index (χ3n) is 4.41. The number of thiazole rings is 1. The van der Waals surface area contributed by atoms with Crippen molar-refractivity contribution in [1.29, 1.82) is 0 Å². The van der Waals surface area contributed by atoms with Crippen LogP contribution < -0.4 is 4.74 Å². The highest BCUT2D eigenvalue weighted by molar-refractivity contribution is 7.20. The van der Waals surface area contributed by atoms with Crippen LogP contribution in [0, 0.1) is 0 Å². The van der Waals surface area contributed by atoms with E-state index in [4.69, 9.17) is 14.4 Å². The van der Waals surface area contributed by atoms with Crippen molar-refractivity contribution in [3.8, 4) is 5.75 Å². The summed E-state index contributed by atoms with van der Waals surface area (Å²) >= 11 is 1.53. The lowest BCUT2D eigenvalue weighted by atomic mass is 9.78. The van der Waals surface area contributed by atoms with Crippen molar-refractivity contribution in [3.63, 3.8) is 0 Å². The van der Waals surface area contributed by atoms with Crippen LogP contribution in [0.15, 0.2) is 60.2 Å². The quantitative estimate of drug-likeness (QED) is 0.706. The van der Waals surface area contributed by atoms with E-state index >= 15 is 0 Å². The van der Waals surface area contributed by atoms with Gasteiger partial charge in [-0.1, -0.05) is 42.5 Å². The first kappa shape index (κ1) is 17.0. The van der Waals surface area contributed by atoms with E-state index in [2.05, 4.69) is 0 Å². The molecular formula is C20H18BNO3S. The molecule has 0 aliphatic carbocycles. The van der Waals surface area contributed by atoms with Gasteiger partial charge in [-0.2, -0.15) is 0 Å². The Hall–Kier alpha value is -2.41. The molecule has 1 unspecified atom stereocenters. The Kier molecular flexibility index (Phi) is 4.63. The van der Waals surface area contributed by atoms with Crippen molar-refractivity contribution in [2.75, 3.05) is 7.11 Å². The lowest BCUT2D eigenvalue weighted by molar-refractivity contribution is 0.237. The largest absolute Gasteiger partial charge is 0.497 e. The van der Waals surface area contributed by atoms with E-state index in [1.165, 1.54) is 11.3 Å². The molecule has 6 heteroatoms. The summed E-state index contributed by atoms with van der Waals surface area (Å²) in [7, 11) is 0.678. The summed E-state index contributed by atoms with van der Waals surface area (Å²) in [5, 5.41) is 11.2. The Morgan fingerprint density at radius 1 is 1.19 bits per heavy atom. The van der Waals surface area contributed by atoms with Gasteiger partial charge < -0.3 is 14.4 Å². The third-order valence-corrected chi connectivity index (χ3v) is 5.46. The Morgan fingerprint density at radius 3 is 2.77 bits per heavy atom. The van der Waals surface area contributed by atoms with Gasteiger partial charge in [-0.25, -0.2) is 4.98 Å². The number of rotatable bonds is 4. The van der Waals surface area contributed by atoms with Gasteiger partial charge >= 0.3 is 7.12 Å². The number of benzene rings is 2. The molecular weight excluding hydrogens is 345 g/mol. The van der Waals surface area contributed by atoms with Gasteiger partial charge in [0.2, 0.25) is 0 Å². The topological polar surface area (TPSA) is 51.6 Å². The molecule has 2 heterocycles. The van der Waals surface area contributed by atoms with Crippen LogP contribution in [0.1, 0.15) is 17.5 Å². The molecule has 1 N–H and O–H groups in total. The molecule has 26 heavy (non-hydrogen) atoms. The molecule has 0 bridgehead atoms. The molecule has 0 radical (unpaired) electrons. The highest BCUT2D eigenvalue weighted by Crippen LogP contribution is 2.37. The molecule has 4 nitrogen and oxygen atoms in total. The van der Waals surface area contributed by atoms with Gasteiger partial charge in [-0.05, 0) is 36.3 Å². The van der Waals surface area contributed by atoms with E-state index in [9.17, 15) is 5.02 Å². The Bertz CT molecular complexity index is 997. The predicted octanol–water partition coefficient (Wildman–Crippen LogP) is 4.21. The zero-order chi connectivity index (χ0) is 18.1. The fourth-order valence-corrected chi connectivity index (χ4v) is 4.12. The summed E-state index contributed by atoms with van der Waals surface area (Å²) in [6.45, 7) is 1.94. The van der Waals surface area contributed by atoms with E-state index < -0.39 is 7.12 Å². The number of methoxy groups -OCH3 is 1. The highest BCUT2D eigenvalue weighted by Gasteiger charge is 2.36. The molecule has 1 aliphatic rings. The van der Waals surface area contributed by atoms with Crippen molar-refractivity contribution in [1.82, 2.24) is 4.98 Å². The molecule has 0 saturated carbocycles. The minimum atomic E-state index is -0.970. The summed E-state index contributed by atoms with van der Waals surface area (Å²) in [5.74, 6) is 0.794. The molecule has 3 aromatic rings. The summed E-state index contributed by atoms with van der Waals surface area (Å²) in [4.78, 5) is 4.69. The van der Waals surface area contributed by atoms with Gasteiger partial charge in [0.1, 0.15) is 10.8 Å². The average molecular weight is 363 g/mol. The first-order valence-corrected chi connectivity index (χ1v) is 9.23. The fourth-order valence-electron chi connectivity index (χ4n) is 3.05. The Labute approximate surface area is 156 Å². The van der Waals surface area contributed by atoms with Crippen LogP contribution in [0.3, 0.4) is 0 Å². The molecule has 4 rings (SSSR count). The number of hydrogen-bond donors (Lipinski definition) is 1. The lowest BCUT2D eigenvalue weighted by Crippen LogP contribution is -2.16. The molecule has 1 atom stereocenters. The summed E-state index contributed by atoms with van der Waals surface area (Å²) < 4.78 is 11.9. The molecule has 0 fully saturated rings. The molecule has 130 valence electrons. The van der Waals surface area contributed by atoms with Crippen LogP contribution >= 0.6 is 11.3 Å². The van der Waals surface area contributed by atoms with Gasteiger partial charge in [0, 0.05) is 5.47 Å². The second-order valence-corrected chi connectivity index (χ2v) is 7.13. The van der Waals surface area contributed by atoms with Crippen LogP contribution in [0.4, 0.5) is 0 Å². The average Bonchev–Trinajstić information content (AvgIpc) is 3.19. The standard InChI is InChI=1S/C20H18BNO3S/c1-13-16(10-8-14-6-4-3-5-7-14)19(21(23)25-13)20-22-17-11-9-15(24-2)12-18(17)26-20/h3-13,23H,1-2H3/b10-8+. The zero-order valence-corrected chi connectivity index (χ0v) is 15.4. The minimum absolute atomic E-state index is 0.193. The van der Waals surface area contributed by atoms with Crippen molar-refractivity contribution >= 4 is 40.2 Å². The molecule has 0 amide bonds. The highest BCUT2D eigenvalue weighted by atomic mass is 32.1. The summed E-state index contributed by atoms with van der Waals surface area (Å²) in [5.41, 5.74) is 3.68. The molecule has 1 aliphatic heterocycles. The van der Waals surface area contributed by atoms with Crippen LogP contribution in [-0.4, -0.2) is 30.3 Å². The zero-order valence-electron chi connectivity index (χ0n) is 14.5. The van der Waals surface area contributed by atoms with Gasteiger partial charge in [-0.15, -0.1) is 11.3 Å². The van der Waals surface area contributed by atoms with Crippen LogP contribution in [-0.2, 0) is 4.65 Å². The Morgan fingerprint density at radius 2 is 2.00 bits per heavy atom. The molecule has 2 aromatic carbocycles. The van der Waals surface area contributed by atoms with E-state index in [-0.39, 0.29) is 6.10 Å². The molecule has 0 spiro atoms. The number of hydrogen-bond acceptors (Lipinski definition) is 5. The number of aromatic nitrogens is 1. The third kappa shape index (κ3) is 3.19. The molecule has 1 aromatic heterocycles. The second-order valence-electron chi connectivity index (χ2n) is 6.10. The first-order valence-electron chi connectivity index (χ1n) is 8.41. The van der Waals surface area contributed by atoms with Crippen molar-refractivity contribution < 1.29 is 14.4 Å². The number of fused-ring (bicyclic) bond motifs is 1. The first-order chi connectivity index (χ1) is 12.7. The maximum absolute atomic E-state index is 10.4. The summed E-state index contributed by atoms with van der Waals surface area (Å²) in [6.07, 6.45) is 3.85. The molecule has 0 saturated heterocycles. The maximum atomic E-state index is 10.4. The normalized spacial score (nSPS) is 17.7. The smallest absolute Gasteiger partial charge is 0.495 e. The monoisotopic (exact) mass is 363 g/mol. The van der Waals surface area contributed by atoms with Gasteiger partial charge in [0.25, 0.3) is 0 Å². The van der Waals surface area contributed by atoms with E-state index in [0.717, 1.165) is 37.6 Å². The predicted molar refractivity (Wildman–Crippen MR) is 107 cm³/mol. The van der Waals surface area contributed by atoms with Crippen molar-refractivity contribution in [2.45, 2.75) is 13.0 Å². The number of nitrogens with zero attached hydrogens (tertiary/aromatic N) is 1. The lowest BCUT2D eigenvalue weighted by Gasteiger charge is -2.05. The van der Waals surface area contributed by atoms with Gasteiger partial charge in [-0.3, -0.25) is 0 Å². The SMILES string of the molecule is COc1ccc2nc(C3=C(/C=C/c4ccccc4)C(C)OB3O)sc2c1. The van der Waals surface area contributed by atoms with Crippen LogP contribution in [0.5, 0.6) is 5.75 Å². The van der Waals surface area contributed by atoms with E-state index in [1.54, 1.807) is 7.11 Å². The van der Waals surface area contributed by atoms with Gasteiger partial charge in [0.15, 0.2) is 0 Å². The van der Waals surface area contributed by atoms with E-state index in [0.29, 0.717) is 0 Å². The van der Waals surface area contributed by atoms with Crippen molar-refractivity contribution in [2.24, 2.45) is 0 Å². The van der Waals surface area contributed by atoms with Gasteiger partial charge in [0.05, 0.1) is 23.4 Å². The Balaban J connectivity index is 1.77. The maximum Gasteiger partial charge on any atom is 0.495 e. The van der Waals surface area contributed by atoms with Crippen LogP contribution in [0.2, 0.25) is 0 Å². The summed E-state index contributed by atoms with van der Waals surface area (Å²) in [6, 6.07) is 15.8.